The molecule has 0 radical (unpaired) electrons. The molecule has 0 bridgehead atoms. The van der Waals surface area contributed by atoms with E-state index in [4.69, 9.17) is 4.74 Å². The van der Waals surface area contributed by atoms with Crippen LogP contribution in [0.5, 0.6) is 0 Å². The fourth-order valence-corrected chi connectivity index (χ4v) is 6.28. The third-order valence-electron chi connectivity index (χ3n) is 7.13. The van der Waals surface area contributed by atoms with Gasteiger partial charge < -0.3 is 20.5 Å². The number of rotatable bonds is 9. The van der Waals surface area contributed by atoms with E-state index in [-0.39, 0.29) is 66.3 Å². The van der Waals surface area contributed by atoms with Crippen molar-refractivity contribution in [2.75, 3.05) is 25.4 Å². The second kappa shape index (κ2) is 14.2. The van der Waals surface area contributed by atoms with Crippen LogP contribution in [0.25, 0.3) is 0 Å². The molecule has 1 aromatic carbocycles. The number of benzene rings is 1. The number of hydrazone groups is 1. The summed E-state index contributed by atoms with van der Waals surface area (Å²) >= 11 is 1.21. The number of thioether (sulfide) groups is 1. The number of carboxylic acids is 1. The molecule has 3 N–H and O–H groups in total. The van der Waals surface area contributed by atoms with E-state index >= 15 is 0 Å². The van der Waals surface area contributed by atoms with Gasteiger partial charge in [-0.05, 0) is 11.6 Å². The predicted octanol–water partition coefficient (Wildman–Crippen LogP) is 0.183. The number of ether oxygens (including phenoxy) is 1. The van der Waals surface area contributed by atoms with E-state index in [0.717, 1.165) is 9.80 Å². The van der Waals surface area contributed by atoms with Gasteiger partial charge in [0.05, 0.1) is 6.54 Å². The predicted molar refractivity (Wildman–Crippen MR) is 161 cm³/mol. The number of carbonyl (C=O) groups is 6. The van der Waals surface area contributed by atoms with Crippen LogP contribution >= 0.6 is 11.8 Å². The number of imide groups is 1. The van der Waals surface area contributed by atoms with Crippen LogP contribution in [0, 0.1) is 0 Å². The number of urea groups is 2. The third-order valence-corrected chi connectivity index (χ3v) is 8.47. The number of hydrogen-bond acceptors (Lipinski definition) is 9. The summed E-state index contributed by atoms with van der Waals surface area (Å²) in [6.07, 6.45) is 3.09. The quantitative estimate of drug-likeness (QED) is 0.112. The van der Waals surface area contributed by atoms with Gasteiger partial charge in [0.1, 0.15) is 42.5 Å². The summed E-state index contributed by atoms with van der Waals surface area (Å²) in [5.74, 6) is -3.19. The van der Waals surface area contributed by atoms with Crippen LogP contribution < -0.4 is 10.6 Å². The van der Waals surface area contributed by atoms with Crippen LogP contribution in [-0.2, 0) is 23.9 Å². The van der Waals surface area contributed by atoms with E-state index in [1.54, 1.807) is 48.7 Å². The number of carbonyl (C=O) groups excluding carboxylic acids is 5. The number of β-lactam (4-membered cyclic amide) rings is 1. The van der Waals surface area contributed by atoms with Crippen molar-refractivity contribution in [1.29, 1.82) is 0 Å². The van der Waals surface area contributed by atoms with E-state index < -0.39 is 53.3 Å². The van der Waals surface area contributed by atoms with Crippen LogP contribution in [-0.4, -0.2) is 139 Å². The molecule has 1 aromatic heterocycles. The summed E-state index contributed by atoms with van der Waals surface area (Å²) in [6.45, 7) is 4.96. The number of amides is 6. The number of aliphatic carboxylic acids is 1. The molecule has 45 heavy (non-hydrogen) atoms. The fourth-order valence-electron chi connectivity index (χ4n) is 4.95. The van der Waals surface area contributed by atoms with Crippen LogP contribution in [0.15, 0.2) is 66.1 Å². The molecule has 0 aliphatic carbocycles. The number of hydrazine groups is 1. The second-order valence-electron chi connectivity index (χ2n) is 9.89. The molecule has 4 heterocycles. The molecular formula is C28H29N7NaO8S+. The Morgan fingerprint density at radius 2 is 1.89 bits per heavy atom. The standard InChI is InChI=1S/C28H27N7O8S.Na.H/c1-16(36)43-14-18-15-44-25-21(24(38)35(25)22(18)26(39)40)30-23(37)20(17-7-4-3-5-8-17)31-27(41)33-11-12-34(28(33)42)32(2)19-9-6-10-29-13-19;;/h3-10,13,20-21,25H,2,11-12,14-15H2,1H3,(H2-,30,31,37,39,40,41);;/p+1/t20?,21?,25-;;/m0../s1. The van der Waals surface area contributed by atoms with Crippen molar-refractivity contribution in [3.8, 4) is 0 Å². The Hall–Kier alpha value is -4.25. The van der Waals surface area contributed by atoms with Gasteiger partial charge in [0.25, 0.3) is 11.6 Å². The first-order valence-corrected chi connectivity index (χ1v) is 14.4. The van der Waals surface area contributed by atoms with Gasteiger partial charge in [-0.3, -0.25) is 24.3 Å². The first-order chi connectivity index (χ1) is 21.1. The average Bonchev–Trinajstić information content (AvgIpc) is 3.42. The molecule has 2 aromatic rings. The Labute approximate surface area is 283 Å². The van der Waals surface area contributed by atoms with Crippen LogP contribution in [0.1, 0.15) is 18.5 Å². The molecule has 3 atom stereocenters. The molecule has 0 saturated carbocycles. The summed E-state index contributed by atoms with van der Waals surface area (Å²) in [4.78, 5) is 82.4. The Morgan fingerprint density at radius 1 is 1.16 bits per heavy atom. The summed E-state index contributed by atoms with van der Waals surface area (Å²) in [5.41, 5.74) is 0.894. The van der Waals surface area contributed by atoms with Crippen LogP contribution in [0.4, 0.5) is 15.3 Å². The molecule has 2 unspecified atom stereocenters. The summed E-state index contributed by atoms with van der Waals surface area (Å²) in [7, 11) is 0. The van der Waals surface area contributed by atoms with E-state index in [2.05, 4.69) is 22.3 Å². The molecule has 17 heteroatoms. The number of carboxylic acid groups (broad SMARTS) is 1. The van der Waals surface area contributed by atoms with Crippen molar-refractivity contribution >= 4 is 89.5 Å². The Bertz CT molecular complexity index is 1580. The maximum atomic E-state index is 13.6. The van der Waals surface area contributed by atoms with E-state index in [1.165, 1.54) is 34.6 Å². The van der Waals surface area contributed by atoms with E-state index in [9.17, 15) is 33.9 Å². The fraction of sp³-hybridized carbons (Fsp3) is 0.286. The average molecular weight is 647 g/mol. The molecular weight excluding hydrogens is 617 g/mol. The second-order valence-corrected chi connectivity index (χ2v) is 11.0. The Morgan fingerprint density at radius 3 is 2.53 bits per heavy atom. The summed E-state index contributed by atoms with van der Waals surface area (Å²) in [5, 5.41) is 15.6. The van der Waals surface area contributed by atoms with Crippen molar-refractivity contribution in [1.82, 2.24) is 30.4 Å². The zero-order valence-corrected chi connectivity index (χ0v) is 24.2. The molecule has 6 amide bonds. The Kier molecular flexibility index (Phi) is 10.6. The molecule has 3 aliphatic rings. The Balaban J connectivity index is 0.00000461. The van der Waals surface area contributed by atoms with Gasteiger partial charge in [0.15, 0.2) is 6.72 Å². The van der Waals surface area contributed by atoms with Gasteiger partial charge in [0, 0.05) is 30.5 Å². The number of nitrogens with zero attached hydrogens (tertiary/aromatic N) is 5. The number of pyridine rings is 1. The van der Waals surface area contributed by atoms with Crippen molar-refractivity contribution < 1.29 is 43.3 Å². The van der Waals surface area contributed by atoms with Gasteiger partial charge in [-0.15, -0.1) is 11.8 Å². The third kappa shape index (κ3) is 6.88. The van der Waals surface area contributed by atoms with Gasteiger partial charge in [-0.2, -0.15) is 0 Å². The number of fused-ring (bicyclic) bond motifs is 1. The number of aromatic nitrogens is 1. The number of esters is 1. The van der Waals surface area contributed by atoms with Gasteiger partial charge >= 0.3 is 53.6 Å². The number of nitrogens with one attached hydrogen (secondary N) is 2. The SMILES string of the molecule is C=[N+](c1cccnc1)N1CCN(C(=O)NC(C(=O)NC2C(=O)N3C(C(=O)O)=C(COC(C)=O)CS[C@@H]23)c2ccccc2)C1=O.[NaH]. The van der Waals surface area contributed by atoms with E-state index in [0.29, 0.717) is 11.3 Å². The topological polar surface area (TPSA) is 182 Å². The van der Waals surface area contributed by atoms with E-state index in [1.807, 2.05) is 0 Å². The van der Waals surface area contributed by atoms with Gasteiger partial charge in [0.2, 0.25) is 5.91 Å². The maximum absolute atomic E-state index is 13.6. The molecule has 230 valence electrons. The molecule has 5 rings (SSSR count). The van der Waals surface area contributed by atoms with Gasteiger partial charge in [-0.25, -0.2) is 19.3 Å². The monoisotopic (exact) mass is 646 g/mol. The first-order valence-electron chi connectivity index (χ1n) is 13.4. The van der Waals surface area contributed by atoms with Crippen molar-refractivity contribution in [3.05, 3.63) is 71.7 Å². The van der Waals surface area contributed by atoms with Crippen molar-refractivity contribution in [2.24, 2.45) is 0 Å². The summed E-state index contributed by atoms with van der Waals surface area (Å²) < 4.78 is 6.27. The molecule has 3 aliphatic heterocycles. The van der Waals surface area contributed by atoms with Crippen LogP contribution in [0.3, 0.4) is 0 Å². The summed E-state index contributed by atoms with van der Waals surface area (Å²) in [6, 6.07) is 7.81. The van der Waals surface area contributed by atoms with Crippen molar-refractivity contribution in [2.45, 2.75) is 24.4 Å². The number of hydrogen-bond donors (Lipinski definition) is 3. The minimum absolute atomic E-state index is 0. The van der Waals surface area contributed by atoms with Gasteiger partial charge in [-0.1, -0.05) is 40.0 Å². The normalized spacial score (nSPS) is 19.5. The molecule has 0 spiro atoms. The molecule has 2 saturated heterocycles. The molecule has 15 nitrogen and oxygen atoms in total. The zero-order valence-electron chi connectivity index (χ0n) is 23.4. The van der Waals surface area contributed by atoms with Crippen molar-refractivity contribution in [3.63, 3.8) is 0 Å². The minimum atomic E-state index is -1.36. The first kappa shape index (κ1) is 33.6. The van der Waals surface area contributed by atoms with Crippen LogP contribution in [0.2, 0.25) is 0 Å². The molecule has 2 fully saturated rings. The zero-order chi connectivity index (χ0) is 31.5.